The normalized spacial score (nSPS) is 46.8. The molecule has 4 saturated carbocycles. The molecule has 4 aliphatic carbocycles. The van der Waals surface area contributed by atoms with Gasteiger partial charge in [0.15, 0.2) is 0 Å². The summed E-state index contributed by atoms with van der Waals surface area (Å²) in [6.07, 6.45) is 14.7. The van der Waals surface area contributed by atoms with Crippen LogP contribution in [0.1, 0.15) is 71.6 Å². The summed E-state index contributed by atoms with van der Waals surface area (Å²) >= 11 is 2.46. The van der Waals surface area contributed by atoms with Gasteiger partial charge in [-0.2, -0.15) is 0 Å². The van der Waals surface area contributed by atoms with E-state index in [-0.39, 0.29) is 0 Å². The number of ether oxygens (including phenoxy) is 1. The van der Waals surface area contributed by atoms with Crippen LogP contribution in [0.15, 0.2) is 11.6 Å². The SMILES string of the molecule is CC/C=C1/CCC2C(CC[C@@]3(CC)C2[C@@H]2C[C@@H]2[C@@H]3OCCI)C1CCCO. The van der Waals surface area contributed by atoms with Gasteiger partial charge in [0.2, 0.25) is 0 Å². The van der Waals surface area contributed by atoms with Crippen LogP contribution in [0.5, 0.6) is 0 Å². The van der Waals surface area contributed by atoms with E-state index in [1.54, 1.807) is 5.57 Å². The van der Waals surface area contributed by atoms with E-state index >= 15 is 0 Å². The third-order valence-corrected chi connectivity index (χ3v) is 9.30. The van der Waals surface area contributed by atoms with E-state index in [4.69, 9.17) is 4.74 Å². The molecule has 0 amide bonds. The fourth-order valence-corrected chi connectivity index (χ4v) is 8.25. The lowest BCUT2D eigenvalue weighted by Crippen LogP contribution is -2.51. The number of aliphatic hydroxyl groups excluding tert-OH is 1. The summed E-state index contributed by atoms with van der Waals surface area (Å²) in [4.78, 5) is 0. The number of fused-ring (bicyclic) bond motifs is 5. The molecule has 0 aromatic rings. The molecule has 2 nitrogen and oxygen atoms in total. The summed E-state index contributed by atoms with van der Waals surface area (Å²) in [5, 5.41) is 9.47. The van der Waals surface area contributed by atoms with Crippen molar-refractivity contribution in [2.24, 2.45) is 40.9 Å². The van der Waals surface area contributed by atoms with Gasteiger partial charge in [-0.15, -0.1) is 0 Å². The first-order valence-electron chi connectivity index (χ1n) is 11.7. The van der Waals surface area contributed by atoms with E-state index in [0.717, 1.165) is 53.0 Å². The number of halogens is 1. The molecule has 0 bridgehead atoms. The van der Waals surface area contributed by atoms with Crippen LogP contribution in [0.25, 0.3) is 0 Å². The van der Waals surface area contributed by atoms with Gasteiger partial charge >= 0.3 is 0 Å². The number of hydrogen-bond acceptors (Lipinski definition) is 2. The molecular weight excluding hydrogens is 447 g/mol. The molecule has 0 spiro atoms. The maximum Gasteiger partial charge on any atom is 0.0665 e. The topological polar surface area (TPSA) is 29.5 Å². The molecule has 4 rings (SSSR count). The molecule has 4 aliphatic rings. The van der Waals surface area contributed by atoms with Crippen molar-refractivity contribution in [2.75, 3.05) is 17.6 Å². The minimum Gasteiger partial charge on any atom is -0.396 e. The van der Waals surface area contributed by atoms with E-state index in [1.807, 2.05) is 0 Å². The van der Waals surface area contributed by atoms with Crippen LogP contribution in [0, 0.1) is 40.9 Å². The monoisotopic (exact) mass is 486 g/mol. The first-order chi connectivity index (χ1) is 13.2. The van der Waals surface area contributed by atoms with Gasteiger partial charge in [0, 0.05) is 11.0 Å². The summed E-state index contributed by atoms with van der Waals surface area (Å²) in [7, 11) is 0. The number of allylic oxidation sites excluding steroid dienone is 2. The van der Waals surface area contributed by atoms with Crippen LogP contribution in [0.4, 0.5) is 0 Å². The third kappa shape index (κ3) is 3.46. The highest BCUT2D eigenvalue weighted by Gasteiger charge is 2.70. The van der Waals surface area contributed by atoms with Crippen molar-refractivity contribution >= 4 is 22.6 Å². The molecule has 27 heavy (non-hydrogen) atoms. The van der Waals surface area contributed by atoms with Gasteiger partial charge in [-0.3, -0.25) is 0 Å². The van der Waals surface area contributed by atoms with Crippen molar-refractivity contribution in [1.29, 1.82) is 0 Å². The molecule has 0 saturated heterocycles. The zero-order valence-corrected chi connectivity index (χ0v) is 19.5. The average Bonchev–Trinajstić information content (AvgIpc) is 3.41. The minimum absolute atomic E-state index is 0.354. The lowest BCUT2D eigenvalue weighted by atomic mass is 9.50. The Balaban J connectivity index is 1.59. The predicted octanol–water partition coefficient (Wildman–Crippen LogP) is 6.01. The lowest BCUT2D eigenvalue weighted by Gasteiger charge is -2.56. The van der Waals surface area contributed by atoms with Crippen LogP contribution in [0.2, 0.25) is 0 Å². The summed E-state index contributed by atoms with van der Waals surface area (Å²) < 4.78 is 7.67. The van der Waals surface area contributed by atoms with Gasteiger partial charge in [-0.25, -0.2) is 0 Å². The fourth-order valence-electron chi connectivity index (χ4n) is 8.00. The summed E-state index contributed by atoms with van der Waals surface area (Å²) in [5.74, 6) is 5.30. The Labute approximate surface area is 180 Å². The smallest absolute Gasteiger partial charge is 0.0665 e. The van der Waals surface area contributed by atoms with Gasteiger partial charge < -0.3 is 9.84 Å². The molecule has 4 unspecified atom stereocenters. The van der Waals surface area contributed by atoms with Crippen LogP contribution >= 0.6 is 22.6 Å². The van der Waals surface area contributed by atoms with Gasteiger partial charge in [-0.05, 0) is 98.7 Å². The van der Waals surface area contributed by atoms with E-state index in [9.17, 15) is 5.11 Å². The molecular formula is C24H39IO2. The highest BCUT2D eigenvalue weighted by Crippen LogP contribution is 2.73. The average molecular weight is 486 g/mol. The predicted molar refractivity (Wildman–Crippen MR) is 120 cm³/mol. The summed E-state index contributed by atoms with van der Waals surface area (Å²) in [6.45, 7) is 6.03. The number of hydrogen-bond donors (Lipinski definition) is 1. The Hall–Kier alpha value is 0.390. The molecule has 0 aliphatic heterocycles. The van der Waals surface area contributed by atoms with Gasteiger partial charge in [0.1, 0.15) is 0 Å². The quantitative estimate of drug-likeness (QED) is 0.259. The van der Waals surface area contributed by atoms with E-state index < -0.39 is 0 Å². The van der Waals surface area contributed by atoms with Crippen molar-refractivity contribution in [2.45, 2.75) is 77.7 Å². The second-order valence-electron chi connectivity index (χ2n) is 9.72. The van der Waals surface area contributed by atoms with Crippen LogP contribution in [-0.4, -0.2) is 28.9 Å². The van der Waals surface area contributed by atoms with E-state index in [0.29, 0.717) is 18.1 Å². The molecule has 4 fully saturated rings. The van der Waals surface area contributed by atoms with Crippen LogP contribution in [-0.2, 0) is 4.74 Å². The molecule has 0 aromatic carbocycles. The van der Waals surface area contributed by atoms with Crippen molar-refractivity contribution < 1.29 is 9.84 Å². The van der Waals surface area contributed by atoms with Crippen molar-refractivity contribution in [3.05, 3.63) is 11.6 Å². The minimum atomic E-state index is 0.354. The van der Waals surface area contributed by atoms with E-state index in [1.165, 1.54) is 51.4 Å². The molecule has 1 N–H and O–H groups in total. The van der Waals surface area contributed by atoms with Crippen molar-refractivity contribution in [3.63, 3.8) is 0 Å². The Kier molecular flexibility index (Phi) is 6.60. The molecule has 154 valence electrons. The molecule has 0 aromatic heterocycles. The largest absolute Gasteiger partial charge is 0.396 e. The zero-order chi connectivity index (χ0) is 19.0. The molecule has 0 radical (unpaired) electrons. The van der Waals surface area contributed by atoms with E-state index in [2.05, 4.69) is 42.5 Å². The highest BCUT2D eigenvalue weighted by atomic mass is 127. The third-order valence-electron chi connectivity index (χ3n) is 8.86. The van der Waals surface area contributed by atoms with Crippen molar-refractivity contribution in [1.82, 2.24) is 0 Å². The molecule has 0 heterocycles. The number of alkyl halides is 1. The Bertz CT molecular complexity index is 546. The first kappa shape index (κ1) is 20.7. The number of rotatable bonds is 8. The molecule has 8 atom stereocenters. The van der Waals surface area contributed by atoms with Gasteiger partial charge in [-0.1, -0.05) is 48.1 Å². The van der Waals surface area contributed by atoms with Crippen molar-refractivity contribution in [3.8, 4) is 0 Å². The fraction of sp³-hybridized carbons (Fsp3) is 0.917. The highest BCUT2D eigenvalue weighted by molar-refractivity contribution is 14.1. The zero-order valence-electron chi connectivity index (χ0n) is 17.3. The van der Waals surface area contributed by atoms with Gasteiger partial charge in [0.25, 0.3) is 0 Å². The standard InChI is InChI=1S/C24H39IO2/c1-3-6-16-8-9-19-18(17(16)7-5-13-26)10-11-24(4-2)22(19)20-15-21(20)23(24)27-14-12-25/h6,17-23,26H,3-5,7-15H2,1-2H3/b16-6-/t17?,18?,19?,20-,21+,22?,23+,24+/m1/s1. The summed E-state index contributed by atoms with van der Waals surface area (Å²) in [5.41, 5.74) is 2.22. The van der Waals surface area contributed by atoms with Crippen LogP contribution in [0.3, 0.4) is 0 Å². The Morgan fingerprint density at radius 1 is 1.19 bits per heavy atom. The molecule has 3 heteroatoms. The summed E-state index contributed by atoms with van der Waals surface area (Å²) in [6, 6.07) is 0. The Morgan fingerprint density at radius 3 is 2.74 bits per heavy atom. The second kappa shape index (κ2) is 8.63. The first-order valence-corrected chi connectivity index (χ1v) is 13.2. The maximum absolute atomic E-state index is 9.47. The number of aliphatic hydroxyl groups is 1. The Morgan fingerprint density at radius 2 is 2.04 bits per heavy atom. The maximum atomic E-state index is 9.47. The second-order valence-corrected chi connectivity index (χ2v) is 10.8. The van der Waals surface area contributed by atoms with Gasteiger partial charge in [0.05, 0.1) is 12.7 Å². The lowest BCUT2D eigenvalue weighted by molar-refractivity contribution is -0.110. The van der Waals surface area contributed by atoms with Crippen LogP contribution < -0.4 is 0 Å².